The summed E-state index contributed by atoms with van der Waals surface area (Å²) in [5.41, 5.74) is -0.639. The maximum absolute atomic E-state index is 11.6. The van der Waals surface area contributed by atoms with E-state index in [2.05, 4.69) is 6.92 Å². The van der Waals surface area contributed by atoms with Crippen LogP contribution in [-0.2, 0) is 14.3 Å². The molecular weight excluding hydrogens is 192 g/mol. The Morgan fingerprint density at radius 1 is 1.33 bits per heavy atom. The van der Waals surface area contributed by atoms with Gasteiger partial charge in [-0.3, -0.25) is 0 Å². The molecule has 0 saturated carbocycles. The number of hydrogen-bond acceptors (Lipinski definition) is 3. The van der Waals surface area contributed by atoms with Gasteiger partial charge in [0.1, 0.15) is 0 Å². The third-order valence-corrected chi connectivity index (χ3v) is 2.95. The molecule has 0 spiro atoms. The van der Waals surface area contributed by atoms with E-state index < -0.39 is 5.60 Å². The van der Waals surface area contributed by atoms with Crippen LogP contribution in [0.4, 0.5) is 0 Å². The highest BCUT2D eigenvalue weighted by atomic mass is 16.7. The second-order valence-corrected chi connectivity index (χ2v) is 4.32. The molecule has 2 atom stereocenters. The number of hydrogen-bond donors (Lipinski definition) is 0. The highest BCUT2D eigenvalue weighted by molar-refractivity contribution is 5.82. The molecule has 0 aromatic carbocycles. The van der Waals surface area contributed by atoms with E-state index in [9.17, 15) is 4.79 Å². The zero-order valence-electron chi connectivity index (χ0n) is 10.0. The van der Waals surface area contributed by atoms with E-state index in [0.29, 0.717) is 6.61 Å². The van der Waals surface area contributed by atoms with E-state index >= 15 is 0 Å². The summed E-state index contributed by atoms with van der Waals surface area (Å²) in [7, 11) is 0. The number of unbranched alkanes of at least 4 members (excludes halogenated alkanes) is 3. The molecular formula is C12H22O3. The predicted molar refractivity (Wildman–Crippen MR) is 58.7 cm³/mol. The molecule has 1 saturated heterocycles. The van der Waals surface area contributed by atoms with Gasteiger partial charge in [0.05, 0.1) is 12.7 Å². The fraction of sp³-hybridized carbons (Fsp3) is 0.917. The van der Waals surface area contributed by atoms with Crippen molar-refractivity contribution >= 4 is 5.97 Å². The molecule has 0 aromatic heterocycles. The van der Waals surface area contributed by atoms with Crippen molar-refractivity contribution in [1.82, 2.24) is 0 Å². The Morgan fingerprint density at radius 2 is 2.07 bits per heavy atom. The number of esters is 1. The molecule has 3 heteroatoms. The maximum atomic E-state index is 11.6. The van der Waals surface area contributed by atoms with Gasteiger partial charge in [0, 0.05) is 0 Å². The van der Waals surface area contributed by atoms with Gasteiger partial charge in [-0.25, -0.2) is 4.79 Å². The van der Waals surface area contributed by atoms with Crippen molar-refractivity contribution in [3.8, 4) is 0 Å². The summed E-state index contributed by atoms with van der Waals surface area (Å²) in [5.74, 6) is -0.189. The molecule has 0 aromatic rings. The second kappa shape index (κ2) is 5.50. The molecule has 1 rings (SSSR count). The normalized spacial score (nSPS) is 28.9. The van der Waals surface area contributed by atoms with Crippen molar-refractivity contribution < 1.29 is 14.3 Å². The van der Waals surface area contributed by atoms with Crippen molar-refractivity contribution in [3.63, 3.8) is 0 Å². The summed E-state index contributed by atoms with van der Waals surface area (Å²) in [5, 5.41) is 0. The Labute approximate surface area is 92.1 Å². The maximum Gasteiger partial charge on any atom is 0.340 e. The van der Waals surface area contributed by atoms with Crippen LogP contribution < -0.4 is 0 Å². The summed E-state index contributed by atoms with van der Waals surface area (Å²) >= 11 is 0. The van der Waals surface area contributed by atoms with E-state index in [1.807, 2.05) is 13.8 Å². The fourth-order valence-corrected chi connectivity index (χ4v) is 1.75. The van der Waals surface area contributed by atoms with E-state index in [1.165, 1.54) is 12.8 Å². The predicted octanol–water partition coefficient (Wildman–Crippen LogP) is 2.68. The third-order valence-electron chi connectivity index (χ3n) is 2.95. The van der Waals surface area contributed by atoms with Crippen LogP contribution in [0.25, 0.3) is 0 Å². The van der Waals surface area contributed by atoms with Crippen LogP contribution in [0.3, 0.4) is 0 Å². The van der Waals surface area contributed by atoms with E-state index in [1.54, 1.807) is 0 Å². The molecule has 3 nitrogen and oxygen atoms in total. The van der Waals surface area contributed by atoms with Crippen molar-refractivity contribution in [3.05, 3.63) is 0 Å². The van der Waals surface area contributed by atoms with Crippen LogP contribution in [0.5, 0.6) is 0 Å². The molecule has 1 aliphatic rings. The van der Waals surface area contributed by atoms with Crippen LogP contribution in [0.2, 0.25) is 0 Å². The summed E-state index contributed by atoms with van der Waals surface area (Å²) < 4.78 is 10.5. The van der Waals surface area contributed by atoms with Crippen LogP contribution >= 0.6 is 0 Å². The Morgan fingerprint density at radius 3 is 2.60 bits per heavy atom. The van der Waals surface area contributed by atoms with E-state index in [-0.39, 0.29) is 12.1 Å². The van der Waals surface area contributed by atoms with Crippen molar-refractivity contribution in [2.75, 3.05) is 6.61 Å². The number of carbonyl (C=O) groups is 1. The molecule has 1 heterocycles. The lowest BCUT2D eigenvalue weighted by Gasteiger charge is -2.07. The standard InChI is InChI=1S/C12H22O3/c1-4-6-7-8-9-14-11(13)12(3)10(5-2)15-12/h10H,4-9H2,1-3H3. The quantitative estimate of drug-likeness (QED) is 0.371. The molecule has 2 unspecified atom stereocenters. The average molecular weight is 214 g/mol. The van der Waals surface area contributed by atoms with Gasteiger partial charge in [0.2, 0.25) is 0 Å². The first kappa shape index (κ1) is 12.5. The van der Waals surface area contributed by atoms with Gasteiger partial charge < -0.3 is 9.47 Å². The number of epoxide rings is 1. The number of ether oxygens (including phenoxy) is 2. The van der Waals surface area contributed by atoms with E-state index in [4.69, 9.17) is 9.47 Å². The molecule has 0 radical (unpaired) electrons. The smallest absolute Gasteiger partial charge is 0.340 e. The minimum Gasteiger partial charge on any atom is -0.463 e. The summed E-state index contributed by atoms with van der Waals surface area (Å²) in [6.45, 7) is 6.53. The summed E-state index contributed by atoms with van der Waals surface area (Å²) in [6, 6.07) is 0. The highest BCUT2D eigenvalue weighted by Gasteiger charge is 2.58. The molecule has 88 valence electrons. The van der Waals surface area contributed by atoms with E-state index in [0.717, 1.165) is 19.3 Å². The SMILES string of the molecule is CCCCCCOC(=O)C1(C)OC1CC. The van der Waals surface area contributed by atoms with Crippen molar-refractivity contribution in [1.29, 1.82) is 0 Å². The van der Waals surface area contributed by atoms with Gasteiger partial charge in [-0.2, -0.15) is 0 Å². The molecule has 0 N–H and O–H groups in total. The topological polar surface area (TPSA) is 38.8 Å². The van der Waals surface area contributed by atoms with Crippen LogP contribution in [0.15, 0.2) is 0 Å². The monoisotopic (exact) mass is 214 g/mol. The van der Waals surface area contributed by atoms with Crippen molar-refractivity contribution in [2.45, 2.75) is 64.6 Å². The Bertz CT molecular complexity index is 215. The summed E-state index contributed by atoms with van der Waals surface area (Å²) in [4.78, 5) is 11.6. The van der Waals surface area contributed by atoms with Gasteiger partial charge in [-0.05, 0) is 19.8 Å². The minimum atomic E-state index is -0.639. The van der Waals surface area contributed by atoms with Crippen LogP contribution in [-0.4, -0.2) is 24.3 Å². The highest BCUT2D eigenvalue weighted by Crippen LogP contribution is 2.39. The van der Waals surface area contributed by atoms with Crippen LogP contribution in [0, 0.1) is 0 Å². The van der Waals surface area contributed by atoms with Crippen LogP contribution in [0.1, 0.15) is 52.9 Å². The van der Waals surface area contributed by atoms with Gasteiger partial charge in [0.25, 0.3) is 0 Å². The third kappa shape index (κ3) is 3.20. The molecule has 0 aliphatic carbocycles. The molecule has 15 heavy (non-hydrogen) atoms. The lowest BCUT2D eigenvalue weighted by molar-refractivity contribution is -0.149. The zero-order chi connectivity index (χ0) is 11.3. The Hall–Kier alpha value is -0.570. The lowest BCUT2D eigenvalue weighted by Crippen LogP contribution is -2.26. The number of carbonyl (C=O) groups excluding carboxylic acids is 1. The molecule has 0 amide bonds. The first-order valence-corrected chi connectivity index (χ1v) is 6.00. The first-order chi connectivity index (χ1) is 7.15. The minimum absolute atomic E-state index is 0.0700. The molecule has 0 bridgehead atoms. The molecule has 1 aliphatic heterocycles. The van der Waals surface area contributed by atoms with Gasteiger partial charge >= 0.3 is 5.97 Å². The van der Waals surface area contributed by atoms with Crippen molar-refractivity contribution in [2.24, 2.45) is 0 Å². The Balaban J connectivity index is 2.09. The number of rotatable bonds is 7. The first-order valence-electron chi connectivity index (χ1n) is 6.00. The van der Waals surface area contributed by atoms with Gasteiger partial charge in [0.15, 0.2) is 5.60 Å². The molecule has 1 fully saturated rings. The average Bonchev–Trinajstić information content (AvgIpc) is 2.91. The Kier molecular flexibility index (Phi) is 4.58. The largest absolute Gasteiger partial charge is 0.463 e. The second-order valence-electron chi connectivity index (χ2n) is 4.32. The van der Waals surface area contributed by atoms with Gasteiger partial charge in [-0.1, -0.05) is 33.1 Å². The lowest BCUT2D eigenvalue weighted by atomic mass is 10.1. The summed E-state index contributed by atoms with van der Waals surface area (Å²) in [6.07, 6.45) is 5.46. The zero-order valence-corrected chi connectivity index (χ0v) is 10.0. The van der Waals surface area contributed by atoms with Gasteiger partial charge in [-0.15, -0.1) is 0 Å². The fourth-order valence-electron chi connectivity index (χ4n) is 1.75.